The standard InChI is InChI=1S/C49H54N2O6/c1-5-7-9-11-13-36-15-23-40(24-16-36)56-42-27-19-38(20-28-42)50-33-48(54)46-32-47(45(35(4)53)31-44(46)34(3)52)49(55)51-39-21-29-43(30-22-39)57-41-25-17-37(18-26-41)14-12-10-8-6-2/h15-32,50H,5-14,33H2,1-4H3,(H,51,55). The number of nitrogens with one attached hydrogen (secondary N) is 2. The Labute approximate surface area is 337 Å². The third kappa shape index (κ3) is 12.8. The van der Waals surface area contributed by atoms with Crippen LogP contribution in [0.15, 0.2) is 109 Å². The summed E-state index contributed by atoms with van der Waals surface area (Å²) in [7, 11) is 0. The number of Topliss-reactive ketones (excluding diaryl/α,β-unsaturated/α-hetero) is 3. The maximum Gasteiger partial charge on any atom is 0.256 e. The van der Waals surface area contributed by atoms with E-state index in [9.17, 15) is 19.2 Å². The molecule has 8 nitrogen and oxygen atoms in total. The molecule has 0 aromatic heterocycles. The van der Waals surface area contributed by atoms with Crippen LogP contribution in [0.4, 0.5) is 11.4 Å². The molecule has 0 spiro atoms. The number of hydrogen-bond acceptors (Lipinski definition) is 7. The molecule has 296 valence electrons. The number of unbranched alkanes of at least 4 members (excludes halogenated alkanes) is 6. The molecule has 0 unspecified atom stereocenters. The zero-order valence-electron chi connectivity index (χ0n) is 33.6. The van der Waals surface area contributed by atoms with Gasteiger partial charge in [-0.05, 0) is 136 Å². The van der Waals surface area contributed by atoms with Gasteiger partial charge in [-0.25, -0.2) is 0 Å². The Morgan fingerprint density at radius 2 is 0.877 bits per heavy atom. The topological polar surface area (TPSA) is 111 Å². The number of aryl methyl sites for hydroxylation is 2. The maximum absolute atomic E-state index is 13.6. The molecule has 57 heavy (non-hydrogen) atoms. The first-order chi connectivity index (χ1) is 27.6. The summed E-state index contributed by atoms with van der Waals surface area (Å²) in [6, 6.07) is 33.0. The summed E-state index contributed by atoms with van der Waals surface area (Å²) >= 11 is 0. The second kappa shape index (κ2) is 21.3. The summed E-state index contributed by atoms with van der Waals surface area (Å²) in [6.45, 7) is 6.92. The molecule has 0 radical (unpaired) electrons. The third-order valence-corrected chi connectivity index (χ3v) is 9.84. The van der Waals surface area contributed by atoms with Crippen LogP contribution in [0.3, 0.4) is 0 Å². The van der Waals surface area contributed by atoms with Gasteiger partial charge in [-0.3, -0.25) is 19.2 Å². The number of carbonyl (C=O) groups is 4. The molecule has 1 amide bonds. The largest absolute Gasteiger partial charge is 0.457 e. The number of ether oxygens (including phenoxy) is 2. The molecule has 0 aliphatic carbocycles. The van der Waals surface area contributed by atoms with Gasteiger partial charge in [0.05, 0.1) is 12.1 Å². The first kappa shape index (κ1) is 42.1. The minimum absolute atomic E-state index is 0.00279. The molecular weight excluding hydrogens is 713 g/mol. The smallest absolute Gasteiger partial charge is 0.256 e. The predicted molar refractivity (Wildman–Crippen MR) is 229 cm³/mol. The van der Waals surface area contributed by atoms with Gasteiger partial charge in [0.1, 0.15) is 23.0 Å². The number of hydrogen-bond donors (Lipinski definition) is 2. The second-order valence-electron chi connectivity index (χ2n) is 14.4. The molecule has 0 aliphatic heterocycles. The van der Waals surface area contributed by atoms with Crippen molar-refractivity contribution in [3.05, 3.63) is 143 Å². The van der Waals surface area contributed by atoms with Gasteiger partial charge in [-0.1, -0.05) is 76.6 Å². The molecule has 0 saturated carbocycles. The van der Waals surface area contributed by atoms with Crippen LogP contribution in [0.2, 0.25) is 0 Å². The van der Waals surface area contributed by atoms with Crippen molar-refractivity contribution in [2.45, 2.75) is 91.9 Å². The first-order valence-corrected chi connectivity index (χ1v) is 20.2. The molecule has 0 heterocycles. The van der Waals surface area contributed by atoms with E-state index in [0.717, 1.165) is 18.6 Å². The lowest BCUT2D eigenvalue weighted by atomic mass is 9.92. The van der Waals surface area contributed by atoms with E-state index in [0.29, 0.717) is 28.6 Å². The van der Waals surface area contributed by atoms with Gasteiger partial charge in [0, 0.05) is 28.1 Å². The Morgan fingerprint density at radius 3 is 1.32 bits per heavy atom. The van der Waals surface area contributed by atoms with E-state index in [4.69, 9.17) is 9.47 Å². The number of carbonyl (C=O) groups excluding carboxylic acids is 4. The molecule has 0 fully saturated rings. The lowest BCUT2D eigenvalue weighted by molar-refractivity contribution is 0.0970. The Kier molecular flexibility index (Phi) is 15.8. The highest BCUT2D eigenvalue weighted by Gasteiger charge is 2.23. The van der Waals surface area contributed by atoms with Crippen LogP contribution < -0.4 is 20.1 Å². The molecular formula is C49H54N2O6. The maximum atomic E-state index is 13.6. The monoisotopic (exact) mass is 766 g/mol. The summed E-state index contributed by atoms with van der Waals surface area (Å²) in [5.74, 6) is 0.903. The molecule has 0 bridgehead atoms. The van der Waals surface area contributed by atoms with Gasteiger partial charge in [0.15, 0.2) is 17.3 Å². The summed E-state index contributed by atoms with van der Waals surface area (Å²) in [6.07, 6.45) is 11.9. The number of benzene rings is 5. The zero-order valence-corrected chi connectivity index (χ0v) is 33.6. The van der Waals surface area contributed by atoms with Gasteiger partial charge in [-0.2, -0.15) is 0 Å². The van der Waals surface area contributed by atoms with Crippen molar-refractivity contribution >= 4 is 34.6 Å². The molecule has 5 aromatic carbocycles. The van der Waals surface area contributed by atoms with Crippen molar-refractivity contribution in [1.29, 1.82) is 0 Å². The lowest BCUT2D eigenvalue weighted by Gasteiger charge is -2.15. The molecule has 0 saturated heterocycles. The van der Waals surface area contributed by atoms with Crippen LogP contribution >= 0.6 is 0 Å². The van der Waals surface area contributed by atoms with Crippen LogP contribution in [-0.4, -0.2) is 29.8 Å². The van der Waals surface area contributed by atoms with Crippen LogP contribution in [0.25, 0.3) is 0 Å². The second-order valence-corrected chi connectivity index (χ2v) is 14.4. The molecule has 5 rings (SSSR count). The molecule has 0 aliphatic rings. The van der Waals surface area contributed by atoms with Gasteiger partial charge in [0.2, 0.25) is 0 Å². The highest BCUT2D eigenvalue weighted by molar-refractivity contribution is 6.17. The number of amides is 1. The van der Waals surface area contributed by atoms with Crippen molar-refractivity contribution in [2.75, 3.05) is 17.2 Å². The quantitative estimate of drug-likeness (QED) is 0.0533. The lowest BCUT2D eigenvalue weighted by Crippen LogP contribution is -2.21. The summed E-state index contributed by atoms with van der Waals surface area (Å²) in [4.78, 5) is 52.6. The number of ketones is 3. The number of rotatable bonds is 22. The Balaban J connectivity index is 1.20. The molecule has 8 heteroatoms. The Hall–Kier alpha value is -6.02. The molecule has 5 aromatic rings. The zero-order chi connectivity index (χ0) is 40.6. The number of anilines is 2. The fraction of sp³-hybridized carbons (Fsp3) is 0.306. The molecule has 0 atom stereocenters. The van der Waals surface area contributed by atoms with Crippen molar-refractivity contribution in [2.24, 2.45) is 0 Å². The third-order valence-electron chi connectivity index (χ3n) is 9.84. The van der Waals surface area contributed by atoms with Gasteiger partial charge in [-0.15, -0.1) is 0 Å². The van der Waals surface area contributed by atoms with Crippen molar-refractivity contribution in [3.8, 4) is 23.0 Å². The SMILES string of the molecule is CCCCCCc1ccc(Oc2ccc(NCC(=O)c3cc(C(=O)Nc4ccc(Oc5ccc(CCCCCC)cc5)cc4)c(C(C)=O)cc3C(C)=O)cc2)cc1. The fourth-order valence-corrected chi connectivity index (χ4v) is 6.56. The normalized spacial score (nSPS) is 10.8. The summed E-state index contributed by atoms with van der Waals surface area (Å²) in [5.41, 5.74) is 3.88. The minimum atomic E-state index is -0.585. The van der Waals surface area contributed by atoms with Crippen LogP contribution in [0.5, 0.6) is 23.0 Å². The van der Waals surface area contributed by atoms with Gasteiger partial charge in [0.25, 0.3) is 5.91 Å². The van der Waals surface area contributed by atoms with Crippen molar-refractivity contribution < 1.29 is 28.7 Å². The van der Waals surface area contributed by atoms with Crippen LogP contribution in [0.1, 0.15) is 132 Å². The summed E-state index contributed by atoms with van der Waals surface area (Å²) in [5, 5.41) is 5.92. The van der Waals surface area contributed by atoms with E-state index in [1.165, 1.54) is 88.5 Å². The van der Waals surface area contributed by atoms with Gasteiger partial charge < -0.3 is 20.1 Å². The highest BCUT2D eigenvalue weighted by Crippen LogP contribution is 2.27. The van der Waals surface area contributed by atoms with E-state index in [2.05, 4.69) is 48.7 Å². The van der Waals surface area contributed by atoms with E-state index < -0.39 is 23.3 Å². The van der Waals surface area contributed by atoms with Gasteiger partial charge >= 0.3 is 0 Å². The average molecular weight is 767 g/mol. The van der Waals surface area contributed by atoms with E-state index in [-0.39, 0.29) is 28.8 Å². The molecule has 2 N–H and O–H groups in total. The van der Waals surface area contributed by atoms with E-state index >= 15 is 0 Å². The average Bonchev–Trinajstić information content (AvgIpc) is 3.22. The van der Waals surface area contributed by atoms with Crippen LogP contribution in [-0.2, 0) is 12.8 Å². The van der Waals surface area contributed by atoms with Crippen LogP contribution in [0, 0.1) is 0 Å². The van der Waals surface area contributed by atoms with Crippen molar-refractivity contribution in [3.63, 3.8) is 0 Å². The fourth-order valence-electron chi connectivity index (χ4n) is 6.56. The predicted octanol–water partition coefficient (Wildman–Crippen LogP) is 12.5. The Bertz CT molecular complexity index is 2100. The van der Waals surface area contributed by atoms with E-state index in [1.54, 1.807) is 36.4 Å². The highest BCUT2D eigenvalue weighted by atomic mass is 16.5. The Morgan fingerprint density at radius 1 is 0.474 bits per heavy atom. The summed E-state index contributed by atoms with van der Waals surface area (Å²) < 4.78 is 12.0. The van der Waals surface area contributed by atoms with E-state index in [1.807, 2.05) is 36.4 Å². The first-order valence-electron chi connectivity index (χ1n) is 20.2. The van der Waals surface area contributed by atoms with Crippen molar-refractivity contribution in [1.82, 2.24) is 0 Å². The minimum Gasteiger partial charge on any atom is -0.457 e.